The highest BCUT2D eigenvalue weighted by atomic mass is 35.5. The van der Waals surface area contributed by atoms with Crippen LogP contribution in [0, 0.1) is 5.92 Å². The number of benzene rings is 1. The van der Waals surface area contributed by atoms with Gasteiger partial charge in [-0.2, -0.15) is 5.10 Å². The predicted octanol–water partition coefficient (Wildman–Crippen LogP) is 2.74. The van der Waals surface area contributed by atoms with Crippen molar-refractivity contribution in [1.29, 1.82) is 0 Å². The van der Waals surface area contributed by atoms with Crippen molar-refractivity contribution in [2.24, 2.45) is 13.0 Å². The lowest BCUT2D eigenvalue weighted by molar-refractivity contribution is 0.0956. The van der Waals surface area contributed by atoms with Gasteiger partial charge in [0.2, 0.25) is 0 Å². The van der Waals surface area contributed by atoms with Gasteiger partial charge in [-0.25, -0.2) is 9.78 Å². The highest BCUT2D eigenvalue weighted by Crippen LogP contribution is 2.22. The molecular weight excluding hydrogens is 356 g/mol. The van der Waals surface area contributed by atoms with Crippen molar-refractivity contribution in [3.8, 4) is 0 Å². The van der Waals surface area contributed by atoms with Gasteiger partial charge in [0.15, 0.2) is 0 Å². The van der Waals surface area contributed by atoms with Crippen LogP contribution in [-0.2, 0) is 7.05 Å². The lowest BCUT2D eigenvalue weighted by Crippen LogP contribution is -2.36. The number of urea groups is 1. The van der Waals surface area contributed by atoms with E-state index >= 15 is 0 Å². The van der Waals surface area contributed by atoms with Crippen LogP contribution in [0.5, 0.6) is 0 Å². The zero-order valence-corrected chi connectivity index (χ0v) is 16.0. The number of nitrogens with one attached hydrogen (secondary N) is 3. The van der Waals surface area contributed by atoms with Crippen LogP contribution in [0.3, 0.4) is 0 Å². The first kappa shape index (κ1) is 19.7. The number of carbonyl (C=O) groups is 2. The maximum absolute atomic E-state index is 12.4. The van der Waals surface area contributed by atoms with E-state index in [2.05, 4.69) is 26.0 Å². The van der Waals surface area contributed by atoms with Crippen LogP contribution in [0.4, 0.5) is 10.5 Å². The van der Waals surface area contributed by atoms with Gasteiger partial charge in [0.1, 0.15) is 12.2 Å². The Hall–Kier alpha value is -2.61. The third-order valence-electron chi connectivity index (χ3n) is 3.79. The predicted molar refractivity (Wildman–Crippen MR) is 100 cm³/mol. The molecule has 8 nitrogen and oxygen atoms in total. The summed E-state index contributed by atoms with van der Waals surface area (Å²) in [6.07, 6.45) is 1.45. The molecule has 0 saturated carbocycles. The monoisotopic (exact) mass is 378 g/mol. The Morgan fingerprint density at radius 1 is 1.31 bits per heavy atom. The highest BCUT2D eigenvalue weighted by molar-refractivity contribution is 6.34. The molecule has 1 heterocycles. The zero-order chi connectivity index (χ0) is 19.3. The van der Waals surface area contributed by atoms with Crippen LogP contribution < -0.4 is 16.0 Å². The maximum Gasteiger partial charge on any atom is 0.319 e. The fourth-order valence-electron chi connectivity index (χ4n) is 2.46. The number of aromatic nitrogens is 3. The van der Waals surface area contributed by atoms with Gasteiger partial charge in [-0.1, -0.05) is 25.4 Å². The van der Waals surface area contributed by atoms with Crippen LogP contribution in [0.15, 0.2) is 24.5 Å². The number of nitrogens with zero attached hydrogens (tertiary/aromatic N) is 3. The van der Waals surface area contributed by atoms with Crippen LogP contribution in [0.25, 0.3) is 0 Å². The largest absolute Gasteiger partial charge is 0.352 e. The molecule has 140 valence electrons. The minimum atomic E-state index is -0.395. The van der Waals surface area contributed by atoms with Crippen LogP contribution in [-0.4, -0.2) is 33.2 Å². The first-order valence-corrected chi connectivity index (χ1v) is 8.70. The number of hydrogen-bond donors (Lipinski definition) is 3. The molecule has 9 heteroatoms. The van der Waals surface area contributed by atoms with Gasteiger partial charge in [-0.05, 0) is 31.0 Å². The molecule has 0 fully saturated rings. The summed E-state index contributed by atoms with van der Waals surface area (Å²) in [5.74, 6) is 0.530. The Labute approximate surface area is 157 Å². The lowest BCUT2D eigenvalue weighted by Gasteiger charge is -2.21. The summed E-state index contributed by atoms with van der Waals surface area (Å²) < 4.78 is 1.63. The Morgan fingerprint density at radius 2 is 2.04 bits per heavy atom. The van der Waals surface area contributed by atoms with E-state index in [9.17, 15) is 9.59 Å². The molecular formula is C17H23ClN6O2. The van der Waals surface area contributed by atoms with E-state index in [1.165, 1.54) is 6.33 Å². The van der Waals surface area contributed by atoms with E-state index < -0.39 is 6.03 Å². The Morgan fingerprint density at radius 3 is 2.58 bits per heavy atom. The van der Waals surface area contributed by atoms with Gasteiger partial charge < -0.3 is 16.0 Å². The van der Waals surface area contributed by atoms with Crippen molar-refractivity contribution in [2.45, 2.75) is 26.8 Å². The second kappa shape index (κ2) is 8.66. The average molecular weight is 379 g/mol. The lowest BCUT2D eigenvalue weighted by atomic mass is 10.0. The molecule has 3 amide bonds. The summed E-state index contributed by atoms with van der Waals surface area (Å²) in [5, 5.41) is 12.6. The molecule has 3 N–H and O–H groups in total. The molecule has 2 rings (SSSR count). The molecule has 1 aromatic heterocycles. The van der Waals surface area contributed by atoms with Gasteiger partial charge in [-0.3, -0.25) is 9.48 Å². The molecule has 0 spiro atoms. The van der Waals surface area contributed by atoms with Crippen LogP contribution in [0.2, 0.25) is 5.02 Å². The highest BCUT2D eigenvalue weighted by Gasteiger charge is 2.22. The van der Waals surface area contributed by atoms with E-state index in [1.807, 2.05) is 20.8 Å². The number of rotatable bonds is 6. The summed E-state index contributed by atoms with van der Waals surface area (Å²) in [6, 6.07) is 4.05. The molecule has 26 heavy (non-hydrogen) atoms. The average Bonchev–Trinajstić information content (AvgIpc) is 2.98. The fraction of sp³-hybridized carbons (Fsp3) is 0.412. The second-order valence-corrected chi connectivity index (χ2v) is 6.52. The third-order valence-corrected chi connectivity index (χ3v) is 4.10. The topological polar surface area (TPSA) is 101 Å². The number of carbonyl (C=O) groups excluding carboxylic acids is 2. The van der Waals surface area contributed by atoms with Gasteiger partial charge in [0.25, 0.3) is 5.91 Å². The molecule has 0 aliphatic heterocycles. The molecule has 1 aromatic carbocycles. The van der Waals surface area contributed by atoms with E-state index in [0.717, 1.165) is 0 Å². The summed E-state index contributed by atoms with van der Waals surface area (Å²) in [5.41, 5.74) is 0.847. The van der Waals surface area contributed by atoms with Crippen molar-refractivity contribution in [2.75, 3.05) is 11.9 Å². The van der Waals surface area contributed by atoms with Crippen molar-refractivity contribution in [3.05, 3.63) is 40.9 Å². The van der Waals surface area contributed by atoms with Crippen LogP contribution >= 0.6 is 11.6 Å². The number of hydrogen-bond acceptors (Lipinski definition) is 4. The zero-order valence-electron chi connectivity index (χ0n) is 15.2. The molecule has 0 aliphatic carbocycles. The second-order valence-electron chi connectivity index (χ2n) is 6.12. The van der Waals surface area contributed by atoms with Gasteiger partial charge in [-0.15, -0.1) is 0 Å². The van der Waals surface area contributed by atoms with Gasteiger partial charge in [0.05, 0.1) is 16.6 Å². The van der Waals surface area contributed by atoms with Gasteiger partial charge >= 0.3 is 6.03 Å². The molecule has 0 saturated heterocycles. The number of halogens is 1. The Kier molecular flexibility index (Phi) is 6.57. The Bertz CT molecular complexity index is 789. The molecule has 1 atom stereocenters. The minimum Gasteiger partial charge on any atom is -0.352 e. The van der Waals surface area contributed by atoms with Crippen molar-refractivity contribution in [1.82, 2.24) is 25.4 Å². The van der Waals surface area contributed by atoms with Crippen molar-refractivity contribution >= 4 is 29.2 Å². The molecule has 0 radical (unpaired) electrons. The van der Waals surface area contributed by atoms with Crippen molar-refractivity contribution in [3.63, 3.8) is 0 Å². The third kappa shape index (κ3) is 4.72. The fourth-order valence-corrected chi connectivity index (χ4v) is 2.72. The molecule has 0 aliphatic rings. The van der Waals surface area contributed by atoms with E-state index in [1.54, 1.807) is 29.9 Å². The van der Waals surface area contributed by atoms with Crippen molar-refractivity contribution < 1.29 is 9.59 Å². The smallest absolute Gasteiger partial charge is 0.319 e. The summed E-state index contributed by atoms with van der Waals surface area (Å²) in [4.78, 5) is 28.4. The molecule has 0 unspecified atom stereocenters. The number of aryl methyl sites for hydroxylation is 1. The molecule has 0 bridgehead atoms. The number of anilines is 1. The SMILES string of the molecule is CCNC(=O)c1ccc(NC(=O)N[C@H](c2ncnn2C)C(C)C)cc1Cl. The Balaban J connectivity index is 2.08. The van der Waals surface area contributed by atoms with E-state index in [0.29, 0.717) is 23.6 Å². The van der Waals surface area contributed by atoms with E-state index in [4.69, 9.17) is 11.6 Å². The molecule has 2 aromatic rings. The van der Waals surface area contributed by atoms with Gasteiger partial charge in [0, 0.05) is 19.3 Å². The normalized spacial score (nSPS) is 11.9. The first-order valence-electron chi connectivity index (χ1n) is 8.32. The van der Waals surface area contributed by atoms with E-state index in [-0.39, 0.29) is 22.9 Å². The first-order chi connectivity index (χ1) is 12.3. The standard InChI is InChI=1S/C17H23ClN6O2/c1-5-19-16(25)12-7-6-11(8-13(12)18)22-17(26)23-14(10(2)3)15-20-9-21-24(15)4/h6-10,14H,5H2,1-4H3,(H,19,25)(H2,22,23,26)/t14-/m0/s1. The quantitative estimate of drug-likeness (QED) is 0.719. The van der Waals surface area contributed by atoms with Crippen LogP contribution in [0.1, 0.15) is 43.0 Å². The summed E-state index contributed by atoms with van der Waals surface area (Å²) in [6.45, 7) is 6.31. The summed E-state index contributed by atoms with van der Waals surface area (Å²) >= 11 is 6.15. The number of amides is 3. The summed E-state index contributed by atoms with van der Waals surface area (Å²) in [7, 11) is 1.77. The minimum absolute atomic E-state index is 0.118. The maximum atomic E-state index is 12.4.